The first-order valence-corrected chi connectivity index (χ1v) is 9.22. The van der Waals surface area contributed by atoms with Crippen LogP contribution in [-0.2, 0) is 16.1 Å². The van der Waals surface area contributed by atoms with E-state index in [1.807, 2.05) is 36.4 Å². The van der Waals surface area contributed by atoms with Gasteiger partial charge in [0.05, 0.1) is 12.8 Å². The SMILES string of the molecule is CC(NC(=O)COc1ccc2cc(Br)ccc2c1)C(=O)NCc1ccco1. The first-order chi connectivity index (χ1) is 13.0. The van der Waals surface area contributed by atoms with Gasteiger partial charge in [0.2, 0.25) is 5.91 Å². The number of furan rings is 1. The zero-order chi connectivity index (χ0) is 19.2. The molecule has 0 fully saturated rings. The Bertz CT molecular complexity index is 940. The average molecular weight is 431 g/mol. The lowest BCUT2D eigenvalue weighted by Crippen LogP contribution is -2.46. The zero-order valence-electron chi connectivity index (χ0n) is 14.7. The molecule has 0 aliphatic heterocycles. The Labute approximate surface area is 165 Å². The lowest BCUT2D eigenvalue weighted by molar-refractivity contribution is -0.129. The van der Waals surface area contributed by atoms with E-state index in [0.717, 1.165) is 15.2 Å². The normalized spacial score (nSPS) is 11.8. The van der Waals surface area contributed by atoms with Crippen molar-refractivity contribution < 1.29 is 18.7 Å². The van der Waals surface area contributed by atoms with E-state index in [-0.39, 0.29) is 25.0 Å². The third-order valence-electron chi connectivity index (χ3n) is 3.93. The highest BCUT2D eigenvalue weighted by Gasteiger charge is 2.16. The van der Waals surface area contributed by atoms with Gasteiger partial charge in [-0.05, 0) is 54.1 Å². The van der Waals surface area contributed by atoms with Gasteiger partial charge in [0.1, 0.15) is 17.6 Å². The highest BCUT2D eigenvalue weighted by atomic mass is 79.9. The van der Waals surface area contributed by atoms with Crippen LogP contribution in [0.25, 0.3) is 10.8 Å². The van der Waals surface area contributed by atoms with Crippen LogP contribution in [0.3, 0.4) is 0 Å². The molecule has 1 unspecified atom stereocenters. The zero-order valence-corrected chi connectivity index (χ0v) is 16.3. The summed E-state index contributed by atoms with van der Waals surface area (Å²) in [5.41, 5.74) is 0. The molecule has 3 rings (SSSR count). The number of ether oxygens (including phenoxy) is 1. The maximum atomic E-state index is 12.0. The molecule has 0 radical (unpaired) electrons. The fraction of sp³-hybridized carbons (Fsp3) is 0.200. The summed E-state index contributed by atoms with van der Waals surface area (Å²) in [5, 5.41) is 7.40. The second kappa shape index (κ2) is 8.73. The Kier molecular flexibility index (Phi) is 6.13. The van der Waals surface area contributed by atoms with Crippen LogP contribution in [0, 0.1) is 0 Å². The van der Waals surface area contributed by atoms with Crippen LogP contribution < -0.4 is 15.4 Å². The lowest BCUT2D eigenvalue weighted by atomic mass is 10.1. The van der Waals surface area contributed by atoms with Gasteiger partial charge in [0.15, 0.2) is 6.61 Å². The summed E-state index contributed by atoms with van der Waals surface area (Å²) in [7, 11) is 0. The number of halogens is 1. The fourth-order valence-corrected chi connectivity index (χ4v) is 2.90. The lowest BCUT2D eigenvalue weighted by Gasteiger charge is -2.14. The van der Waals surface area contributed by atoms with Crippen LogP contribution in [0.15, 0.2) is 63.7 Å². The van der Waals surface area contributed by atoms with Crippen LogP contribution >= 0.6 is 15.9 Å². The van der Waals surface area contributed by atoms with Crippen LogP contribution in [-0.4, -0.2) is 24.5 Å². The maximum Gasteiger partial charge on any atom is 0.258 e. The van der Waals surface area contributed by atoms with E-state index in [0.29, 0.717) is 11.5 Å². The highest BCUT2D eigenvalue weighted by Crippen LogP contribution is 2.24. The largest absolute Gasteiger partial charge is 0.484 e. The molecule has 140 valence electrons. The molecule has 0 bridgehead atoms. The van der Waals surface area contributed by atoms with Crippen LogP contribution in [0.4, 0.5) is 0 Å². The van der Waals surface area contributed by atoms with Gasteiger partial charge in [-0.15, -0.1) is 0 Å². The number of carbonyl (C=O) groups is 2. The summed E-state index contributed by atoms with van der Waals surface area (Å²) in [6.45, 7) is 1.72. The number of carbonyl (C=O) groups excluding carboxylic acids is 2. The van der Waals surface area contributed by atoms with E-state index in [1.165, 1.54) is 6.26 Å². The molecule has 1 atom stereocenters. The Balaban J connectivity index is 1.47. The molecule has 2 aromatic carbocycles. The number of fused-ring (bicyclic) bond motifs is 1. The van der Waals surface area contributed by atoms with Crippen molar-refractivity contribution in [3.63, 3.8) is 0 Å². The molecule has 3 aromatic rings. The number of hydrogen-bond acceptors (Lipinski definition) is 4. The molecule has 6 nitrogen and oxygen atoms in total. The van der Waals surface area contributed by atoms with E-state index < -0.39 is 6.04 Å². The number of amides is 2. The minimum atomic E-state index is -0.676. The van der Waals surface area contributed by atoms with Crippen molar-refractivity contribution in [3.05, 3.63) is 65.0 Å². The Morgan fingerprint density at radius 1 is 1.15 bits per heavy atom. The van der Waals surface area contributed by atoms with E-state index >= 15 is 0 Å². The van der Waals surface area contributed by atoms with E-state index in [9.17, 15) is 9.59 Å². The topological polar surface area (TPSA) is 80.6 Å². The summed E-state index contributed by atoms with van der Waals surface area (Å²) < 4.78 is 11.7. The number of benzene rings is 2. The van der Waals surface area contributed by atoms with Crippen molar-refractivity contribution >= 4 is 38.5 Å². The monoisotopic (exact) mass is 430 g/mol. The predicted molar refractivity (Wildman–Crippen MR) is 105 cm³/mol. The van der Waals surface area contributed by atoms with Crippen LogP contribution in [0.1, 0.15) is 12.7 Å². The van der Waals surface area contributed by atoms with Crippen molar-refractivity contribution in [2.45, 2.75) is 19.5 Å². The van der Waals surface area contributed by atoms with Crippen molar-refractivity contribution in [1.29, 1.82) is 0 Å². The number of rotatable bonds is 7. The van der Waals surface area contributed by atoms with Gasteiger partial charge in [0.25, 0.3) is 5.91 Å². The number of hydrogen-bond donors (Lipinski definition) is 2. The molecule has 7 heteroatoms. The van der Waals surface area contributed by atoms with Crippen LogP contribution in [0.5, 0.6) is 5.75 Å². The summed E-state index contributed by atoms with van der Waals surface area (Å²) in [5.74, 6) is 0.575. The van der Waals surface area contributed by atoms with E-state index in [1.54, 1.807) is 19.1 Å². The van der Waals surface area contributed by atoms with Gasteiger partial charge in [-0.3, -0.25) is 9.59 Å². The van der Waals surface area contributed by atoms with E-state index in [4.69, 9.17) is 9.15 Å². The molecule has 1 aromatic heterocycles. The van der Waals surface area contributed by atoms with Gasteiger partial charge in [-0.1, -0.05) is 28.1 Å². The summed E-state index contributed by atoms with van der Waals surface area (Å²) in [6.07, 6.45) is 1.54. The quantitative estimate of drug-likeness (QED) is 0.601. The Hall–Kier alpha value is -2.80. The van der Waals surface area contributed by atoms with Gasteiger partial charge in [0, 0.05) is 4.47 Å². The van der Waals surface area contributed by atoms with Crippen molar-refractivity contribution in [2.75, 3.05) is 6.61 Å². The van der Waals surface area contributed by atoms with Crippen LogP contribution in [0.2, 0.25) is 0 Å². The molecule has 0 spiro atoms. The van der Waals surface area contributed by atoms with Gasteiger partial charge in [-0.25, -0.2) is 0 Å². The smallest absolute Gasteiger partial charge is 0.258 e. The van der Waals surface area contributed by atoms with Gasteiger partial charge < -0.3 is 19.8 Å². The molecule has 0 aliphatic carbocycles. The minimum Gasteiger partial charge on any atom is -0.484 e. The fourth-order valence-electron chi connectivity index (χ4n) is 2.52. The van der Waals surface area contributed by atoms with Crippen molar-refractivity contribution in [2.24, 2.45) is 0 Å². The molecule has 0 aliphatic rings. The molecule has 2 amide bonds. The standard InChI is InChI=1S/C20H19BrN2O4/c1-13(20(25)22-11-18-3-2-8-26-18)23-19(24)12-27-17-7-5-14-9-16(21)6-4-15(14)10-17/h2-10,13H,11-12H2,1H3,(H,22,25)(H,23,24). The van der Waals surface area contributed by atoms with Crippen molar-refractivity contribution in [1.82, 2.24) is 10.6 Å². The first kappa shape index (κ1) is 19.0. The Morgan fingerprint density at radius 3 is 2.70 bits per heavy atom. The third kappa shape index (κ3) is 5.34. The summed E-state index contributed by atoms with van der Waals surface area (Å²) in [6, 6.07) is 14.4. The Morgan fingerprint density at radius 2 is 1.93 bits per heavy atom. The number of nitrogens with one attached hydrogen (secondary N) is 2. The predicted octanol–water partition coefficient (Wildman–Crippen LogP) is 3.40. The van der Waals surface area contributed by atoms with Gasteiger partial charge >= 0.3 is 0 Å². The summed E-state index contributed by atoms with van der Waals surface area (Å²) in [4.78, 5) is 24.0. The second-order valence-electron chi connectivity index (χ2n) is 6.03. The molecule has 27 heavy (non-hydrogen) atoms. The van der Waals surface area contributed by atoms with Crippen molar-refractivity contribution in [3.8, 4) is 5.75 Å². The molecular formula is C20H19BrN2O4. The second-order valence-corrected chi connectivity index (χ2v) is 6.94. The average Bonchev–Trinajstić information content (AvgIpc) is 3.18. The minimum absolute atomic E-state index is 0.169. The third-order valence-corrected chi connectivity index (χ3v) is 4.42. The van der Waals surface area contributed by atoms with E-state index in [2.05, 4.69) is 26.6 Å². The molecule has 0 saturated carbocycles. The molecule has 0 saturated heterocycles. The summed E-state index contributed by atoms with van der Waals surface area (Å²) >= 11 is 3.44. The molecule has 2 N–H and O–H groups in total. The maximum absolute atomic E-state index is 12.0. The first-order valence-electron chi connectivity index (χ1n) is 8.43. The molecular weight excluding hydrogens is 412 g/mol. The van der Waals surface area contributed by atoms with Gasteiger partial charge in [-0.2, -0.15) is 0 Å². The highest BCUT2D eigenvalue weighted by molar-refractivity contribution is 9.10. The molecule has 1 heterocycles.